The number of carbonyl (C=O) groups excluding carboxylic acids is 1. The Balaban J connectivity index is 1.54. The minimum absolute atomic E-state index is 0.163. The zero-order valence-electron chi connectivity index (χ0n) is 18.9. The summed E-state index contributed by atoms with van der Waals surface area (Å²) in [5.74, 6) is -1.27. The summed E-state index contributed by atoms with van der Waals surface area (Å²) in [5.41, 5.74) is 2.31. The number of alkyl halides is 3. The van der Waals surface area contributed by atoms with Crippen molar-refractivity contribution in [1.29, 1.82) is 0 Å². The summed E-state index contributed by atoms with van der Waals surface area (Å²) in [6, 6.07) is 11.2. The van der Waals surface area contributed by atoms with E-state index in [1.807, 2.05) is 6.92 Å². The molecule has 1 aliphatic heterocycles. The van der Waals surface area contributed by atoms with Gasteiger partial charge in [-0.3, -0.25) is 4.79 Å². The Morgan fingerprint density at radius 1 is 1.14 bits per heavy atom. The predicted octanol–water partition coefficient (Wildman–Crippen LogP) is 5.81. The van der Waals surface area contributed by atoms with Crippen LogP contribution in [0.1, 0.15) is 65.7 Å². The van der Waals surface area contributed by atoms with Crippen molar-refractivity contribution in [3.63, 3.8) is 0 Å². The van der Waals surface area contributed by atoms with Crippen LogP contribution in [0.3, 0.4) is 0 Å². The second-order valence-corrected chi connectivity index (χ2v) is 9.61. The second-order valence-electron chi connectivity index (χ2n) is 8.43. The molecule has 0 bridgehead atoms. The van der Waals surface area contributed by atoms with Crippen molar-refractivity contribution >= 4 is 23.2 Å². The standard InChI is InChI=1S/C26H24F3NO4S/c1-15(17-6-8-18(9-7-17)25(32)33)30-24(31)23-20-11-12-34-14-22(20)35-21(23)10-5-16-3-2-4-19(13-16)26(27,28)29/h2-4,6-9,13,15H,5,10-12,14H2,1H3,(H,30,31)(H,32,33)/t15-/m0/s1. The van der Waals surface area contributed by atoms with Gasteiger partial charge in [0.05, 0.1) is 35.9 Å². The highest BCUT2D eigenvalue weighted by atomic mass is 32.1. The Hall–Kier alpha value is -3.17. The molecule has 0 radical (unpaired) electrons. The fourth-order valence-electron chi connectivity index (χ4n) is 4.16. The molecular weight excluding hydrogens is 479 g/mol. The summed E-state index contributed by atoms with van der Waals surface area (Å²) in [6.45, 7) is 2.73. The van der Waals surface area contributed by atoms with E-state index in [1.165, 1.54) is 29.5 Å². The molecule has 2 heterocycles. The van der Waals surface area contributed by atoms with Crippen LogP contribution in [0.15, 0.2) is 48.5 Å². The number of thiophene rings is 1. The highest BCUT2D eigenvalue weighted by Gasteiger charge is 2.30. The van der Waals surface area contributed by atoms with E-state index in [2.05, 4.69) is 5.32 Å². The average molecular weight is 504 g/mol. The quantitative estimate of drug-likeness (QED) is 0.427. The van der Waals surface area contributed by atoms with Crippen LogP contribution in [-0.4, -0.2) is 23.6 Å². The number of carbonyl (C=O) groups is 2. The van der Waals surface area contributed by atoms with Crippen LogP contribution in [0.2, 0.25) is 0 Å². The topological polar surface area (TPSA) is 75.6 Å². The van der Waals surface area contributed by atoms with Crippen LogP contribution in [-0.2, 0) is 36.8 Å². The maximum atomic E-state index is 13.4. The number of halogens is 3. The van der Waals surface area contributed by atoms with Crippen molar-refractivity contribution < 1.29 is 32.6 Å². The summed E-state index contributed by atoms with van der Waals surface area (Å²) in [7, 11) is 0. The van der Waals surface area contributed by atoms with E-state index in [-0.39, 0.29) is 17.5 Å². The van der Waals surface area contributed by atoms with Gasteiger partial charge in [0.15, 0.2) is 0 Å². The first-order valence-electron chi connectivity index (χ1n) is 11.1. The van der Waals surface area contributed by atoms with E-state index in [9.17, 15) is 22.8 Å². The van der Waals surface area contributed by atoms with Gasteiger partial charge in [-0.25, -0.2) is 4.79 Å². The smallest absolute Gasteiger partial charge is 0.416 e. The van der Waals surface area contributed by atoms with E-state index in [1.54, 1.807) is 18.2 Å². The van der Waals surface area contributed by atoms with Crippen LogP contribution in [0, 0.1) is 0 Å². The molecule has 3 aromatic rings. The molecular formula is C26H24F3NO4S. The van der Waals surface area contributed by atoms with Crippen LogP contribution in [0.4, 0.5) is 13.2 Å². The van der Waals surface area contributed by atoms with Gasteiger partial charge >= 0.3 is 12.1 Å². The fraction of sp³-hybridized carbons (Fsp3) is 0.308. The molecule has 1 amide bonds. The normalized spacial score (nSPS) is 14.3. The lowest BCUT2D eigenvalue weighted by Crippen LogP contribution is -2.28. The molecule has 9 heteroatoms. The number of amides is 1. The maximum Gasteiger partial charge on any atom is 0.416 e. The number of fused-ring (bicyclic) bond motifs is 1. The number of hydrogen-bond donors (Lipinski definition) is 2. The van der Waals surface area contributed by atoms with Gasteiger partial charge in [0.2, 0.25) is 0 Å². The number of aromatic carboxylic acids is 1. The Kier molecular flexibility index (Phi) is 7.28. The average Bonchev–Trinajstić information content (AvgIpc) is 3.21. The largest absolute Gasteiger partial charge is 0.478 e. The minimum Gasteiger partial charge on any atom is -0.478 e. The van der Waals surface area contributed by atoms with E-state index in [0.717, 1.165) is 33.0 Å². The van der Waals surface area contributed by atoms with Crippen molar-refractivity contribution in [2.45, 2.75) is 45.0 Å². The maximum absolute atomic E-state index is 13.4. The molecule has 0 fully saturated rings. The Labute approximate surface area is 204 Å². The molecule has 1 aliphatic rings. The third-order valence-electron chi connectivity index (χ3n) is 6.02. The monoisotopic (exact) mass is 503 g/mol. The molecule has 2 N–H and O–H groups in total. The highest BCUT2D eigenvalue weighted by molar-refractivity contribution is 7.12. The Bertz CT molecular complexity index is 1230. The second kappa shape index (κ2) is 10.2. The number of benzene rings is 2. The molecule has 1 aromatic heterocycles. The van der Waals surface area contributed by atoms with Gasteiger partial charge in [-0.15, -0.1) is 11.3 Å². The molecule has 2 aromatic carbocycles. The number of aryl methyl sites for hydroxylation is 2. The van der Waals surface area contributed by atoms with Crippen LogP contribution in [0.25, 0.3) is 0 Å². The van der Waals surface area contributed by atoms with E-state index >= 15 is 0 Å². The number of hydrogen-bond acceptors (Lipinski definition) is 4. The fourth-order valence-corrected chi connectivity index (χ4v) is 5.45. The molecule has 0 aliphatic carbocycles. The van der Waals surface area contributed by atoms with Gasteiger partial charge in [0.25, 0.3) is 5.91 Å². The minimum atomic E-state index is -4.40. The number of carboxylic acid groups (broad SMARTS) is 1. The van der Waals surface area contributed by atoms with Crippen molar-refractivity contribution in [3.05, 3.63) is 91.7 Å². The Morgan fingerprint density at radius 3 is 2.57 bits per heavy atom. The van der Waals surface area contributed by atoms with Gasteiger partial charge in [-0.05, 0) is 61.1 Å². The molecule has 0 unspecified atom stereocenters. The number of carboxylic acids is 1. The van der Waals surface area contributed by atoms with Gasteiger partial charge < -0.3 is 15.2 Å². The summed E-state index contributed by atoms with van der Waals surface area (Å²) < 4.78 is 44.8. The lowest BCUT2D eigenvalue weighted by atomic mass is 9.99. The van der Waals surface area contributed by atoms with Crippen molar-refractivity contribution in [1.82, 2.24) is 5.32 Å². The predicted molar refractivity (Wildman–Crippen MR) is 126 cm³/mol. The van der Waals surface area contributed by atoms with Gasteiger partial charge in [0, 0.05) is 9.75 Å². The lowest BCUT2D eigenvalue weighted by Gasteiger charge is -2.18. The van der Waals surface area contributed by atoms with Gasteiger partial charge in [-0.1, -0.05) is 30.3 Å². The molecule has 184 valence electrons. The third kappa shape index (κ3) is 5.74. The Morgan fingerprint density at radius 2 is 1.89 bits per heavy atom. The zero-order valence-corrected chi connectivity index (χ0v) is 19.8. The summed E-state index contributed by atoms with van der Waals surface area (Å²) >= 11 is 1.47. The number of ether oxygens (including phenoxy) is 1. The van der Waals surface area contributed by atoms with E-state index < -0.39 is 17.7 Å². The van der Waals surface area contributed by atoms with Gasteiger partial charge in [-0.2, -0.15) is 13.2 Å². The van der Waals surface area contributed by atoms with Crippen LogP contribution >= 0.6 is 11.3 Å². The van der Waals surface area contributed by atoms with Crippen LogP contribution in [0.5, 0.6) is 0 Å². The zero-order chi connectivity index (χ0) is 25.2. The third-order valence-corrected chi connectivity index (χ3v) is 7.29. The molecule has 0 spiro atoms. The van der Waals surface area contributed by atoms with Crippen molar-refractivity contribution in [2.75, 3.05) is 6.61 Å². The summed E-state index contributed by atoms with van der Waals surface area (Å²) in [4.78, 5) is 26.2. The molecule has 1 atom stereocenters. The van der Waals surface area contributed by atoms with E-state index in [4.69, 9.17) is 9.84 Å². The number of nitrogens with one attached hydrogen (secondary N) is 1. The molecule has 0 saturated carbocycles. The molecule has 5 nitrogen and oxygen atoms in total. The SMILES string of the molecule is C[C@H](NC(=O)c1c(CCc2cccc(C(F)(F)F)c2)sc2c1CCOC2)c1ccc(C(=O)O)cc1. The lowest BCUT2D eigenvalue weighted by molar-refractivity contribution is -0.137. The molecule has 35 heavy (non-hydrogen) atoms. The first-order chi connectivity index (χ1) is 16.6. The molecule has 4 rings (SSSR count). The van der Waals surface area contributed by atoms with Crippen molar-refractivity contribution in [2.24, 2.45) is 0 Å². The van der Waals surface area contributed by atoms with Crippen molar-refractivity contribution in [3.8, 4) is 0 Å². The highest BCUT2D eigenvalue weighted by Crippen LogP contribution is 2.34. The van der Waals surface area contributed by atoms with E-state index in [0.29, 0.717) is 43.6 Å². The summed E-state index contributed by atoms with van der Waals surface area (Å²) in [5, 5.41) is 12.1. The first kappa shape index (κ1) is 24.9. The van der Waals surface area contributed by atoms with Gasteiger partial charge in [0.1, 0.15) is 0 Å². The molecule has 0 saturated heterocycles. The van der Waals surface area contributed by atoms with Crippen LogP contribution < -0.4 is 5.32 Å². The summed E-state index contributed by atoms with van der Waals surface area (Å²) in [6.07, 6.45) is -3.00. The first-order valence-corrected chi connectivity index (χ1v) is 12.0. The number of rotatable bonds is 7.